The lowest BCUT2D eigenvalue weighted by atomic mass is 9.98. The van der Waals surface area contributed by atoms with Crippen LogP contribution >= 0.6 is 0 Å². The summed E-state index contributed by atoms with van der Waals surface area (Å²) in [6.07, 6.45) is 4.19. The van der Waals surface area contributed by atoms with Gasteiger partial charge in [-0.05, 0) is 35.1 Å². The number of hydrogen-bond acceptors (Lipinski definition) is 2. The summed E-state index contributed by atoms with van der Waals surface area (Å²) in [5, 5.41) is 2.33. The van der Waals surface area contributed by atoms with Gasteiger partial charge in [0.25, 0.3) is 0 Å². The molecule has 0 saturated heterocycles. The maximum absolute atomic E-state index is 11.1. The van der Waals surface area contributed by atoms with E-state index in [9.17, 15) is 4.79 Å². The van der Waals surface area contributed by atoms with E-state index in [0.29, 0.717) is 6.42 Å². The quantitative estimate of drug-likeness (QED) is 0.712. The number of carbonyl (C=O) groups excluding carboxylic acids is 1. The summed E-state index contributed by atoms with van der Waals surface area (Å²) in [6.45, 7) is 1.62. The Hall–Kier alpha value is -2.48. The fourth-order valence-electron chi connectivity index (χ4n) is 2.46. The molecular formula is C18H15NO. The highest BCUT2D eigenvalue weighted by atomic mass is 16.1. The number of aromatic nitrogens is 1. The number of carbonyl (C=O) groups is 1. The number of hydrogen-bond donors (Lipinski definition) is 0. The first-order valence-electron chi connectivity index (χ1n) is 6.65. The third kappa shape index (κ3) is 2.45. The molecule has 0 aliphatic heterocycles. The van der Waals surface area contributed by atoms with Crippen LogP contribution in [0.4, 0.5) is 0 Å². The van der Waals surface area contributed by atoms with Crippen LogP contribution in [-0.2, 0) is 11.2 Å². The van der Waals surface area contributed by atoms with E-state index in [4.69, 9.17) is 0 Å². The third-order valence-electron chi connectivity index (χ3n) is 3.40. The van der Waals surface area contributed by atoms with E-state index < -0.39 is 0 Å². The van der Waals surface area contributed by atoms with E-state index >= 15 is 0 Å². The van der Waals surface area contributed by atoms with Crippen LogP contribution in [0.5, 0.6) is 0 Å². The zero-order valence-corrected chi connectivity index (χ0v) is 11.3. The van der Waals surface area contributed by atoms with E-state index in [-0.39, 0.29) is 5.78 Å². The van der Waals surface area contributed by atoms with Gasteiger partial charge < -0.3 is 0 Å². The maximum atomic E-state index is 11.1. The molecule has 2 aromatic carbocycles. The summed E-state index contributed by atoms with van der Waals surface area (Å²) in [7, 11) is 0. The smallest absolute Gasteiger partial charge is 0.134 e. The number of fused-ring (bicyclic) bond motifs is 1. The fraction of sp³-hybridized carbons (Fsp3) is 0.111. The van der Waals surface area contributed by atoms with Gasteiger partial charge in [0.1, 0.15) is 5.78 Å². The molecular weight excluding hydrogens is 246 g/mol. The van der Waals surface area contributed by atoms with Gasteiger partial charge in [0.05, 0.1) is 0 Å². The Bertz CT molecular complexity index is 754. The highest BCUT2D eigenvalue weighted by Gasteiger charge is 2.04. The van der Waals surface area contributed by atoms with E-state index in [1.54, 1.807) is 6.92 Å². The minimum absolute atomic E-state index is 0.189. The average molecular weight is 261 g/mol. The second-order valence-electron chi connectivity index (χ2n) is 4.98. The first-order valence-corrected chi connectivity index (χ1v) is 6.65. The van der Waals surface area contributed by atoms with Crippen molar-refractivity contribution < 1.29 is 4.79 Å². The Balaban J connectivity index is 2.05. The van der Waals surface area contributed by atoms with Crippen molar-refractivity contribution >= 4 is 16.6 Å². The van der Waals surface area contributed by atoms with E-state index in [0.717, 1.165) is 16.5 Å². The fourth-order valence-corrected chi connectivity index (χ4v) is 2.46. The Morgan fingerprint density at radius 2 is 1.85 bits per heavy atom. The number of Topliss-reactive ketones (excluding diaryl/α,β-unsaturated/α-hetero) is 1. The molecule has 0 atom stereocenters. The minimum Gasteiger partial charge on any atom is -0.300 e. The van der Waals surface area contributed by atoms with Crippen molar-refractivity contribution in [1.29, 1.82) is 0 Å². The van der Waals surface area contributed by atoms with Crippen molar-refractivity contribution in [2.45, 2.75) is 13.3 Å². The first-order chi connectivity index (χ1) is 9.74. The molecule has 0 fully saturated rings. The van der Waals surface area contributed by atoms with Crippen molar-refractivity contribution in [2.75, 3.05) is 0 Å². The summed E-state index contributed by atoms with van der Waals surface area (Å²) < 4.78 is 0. The van der Waals surface area contributed by atoms with Crippen LogP contribution in [0.2, 0.25) is 0 Å². The Morgan fingerprint density at radius 1 is 1.05 bits per heavy atom. The predicted octanol–water partition coefficient (Wildman–Crippen LogP) is 4.03. The number of nitrogens with zero attached hydrogens (tertiary/aromatic N) is 1. The highest BCUT2D eigenvalue weighted by Crippen LogP contribution is 2.28. The summed E-state index contributed by atoms with van der Waals surface area (Å²) in [6, 6.07) is 16.5. The normalized spacial score (nSPS) is 10.7. The molecule has 20 heavy (non-hydrogen) atoms. The molecule has 0 radical (unpaired) electrons. The van der Waals surface area contributed by atoms with Gasteiger partial charge >= 0.3 is 0 Å². The molecule has 0 aliphatic carbocycles. The minimum atomic E-state index is 0.189. The van der Waals surface area contributed by atoms with Crippen molar-refractivity contribution in [1.82, 2.24) is 4.98 Å². The maximum Gasteiger partial charge on any atom is 0.134 e. The zero-order valence-electron chi connectivity index (χ0n) is 11.3. The van der Waals surface area contributed by atoms with Crippen molar-refractivity contribution in [2.24, 2.45) is 0 Å². The third-order valence-corrected chi connectivity index (χ3v) is 3.40. The summed E-state index contributed by atoms with van der Waals surface area (Å²) >= 11 is 0. The highest BCUT2D eigenvalue weighted by molar-refractivity contribution is 5.96. The molecule has 0 bridgehead atoms. The zero-order chi connectivity index (χ0) is 13.9. The molecule has 3 rings (SSSR count). The molecule has 0 unspecified atom stereocenters. The Labute approximate surface area is 118 Å². The SMILES string of the molecule is CC(=O)Cc1ccc(-c2cccc3cnccc23)cc1. The second kappa shape index (κ2) is 5.25. The summed E-state index contributed by atoms with van der Waals surface area (Å²) in [5.41, 5.74) is 3.41. The average Bonchev–Trinajstić information content (AvgIpc) is 2.47. The van der Waals surface area contributed by atoms with Crippen molar-refractivity contribution in [3.05, 3.63) is 66.5 Å². The van der Waals surface area contributed by atoms with Gasteiger partial charge in [-0.1, -0.05) is 42.5 Å². The molecule has 0 N–H and O–H groups in total. The van der Waals surface area contributed by atoms with Crippen molar-refractivity contribution in [3.63, 3.8) is 0 Å². The lowest BCUT2D eigenvalue weighted by Gasteiger charge is -2.07. The largest absolute Gasteiger partial charge is 0.300 e. The molecule has 0 saturated carbocycles. The molecule has 3 aromatic rings. The molecule has 98 valence electrons. The van der Waals surface area contributed by atoms with E-state index in [2.05, 4.69) is 29.2 Å². The van der Waals surface area contributed by atoms with Gasteiger partial charge in [0, 0.05) is 24.2 Å². The molecule has 0 spiro atoms. The molecule has 1 aromatic heterocycles. The molecule has 1 heterocycles. The summed E-state index contributed by atoms with van der Waals surface area (Å²) in [5.74, 6) is 0.189. The Morgan fingerprint density at radius 3 is 2.60 bits per heavy atom. The van der Waals surface area contributed by atoms with Crippen LogP contribution in [0.3, 0.4) is 0 Å². The van der Waals surface area contributed by atoms with Gasteiger partial charge in [-0.15, -0.1) is 0 Å². The van der Waals surface area contributed by atoms with Crippen molar-refractivity contribution in [3.8, 4) is 11.1 Å². The number of benzene rings is 2. The molecule has 2 heteroatoms. The number of pyridine rings is 1. The number of ketones is 1. The van der Waals surface area contributed by atoms with Gasteiger partial charge in [-0.2, -0.15) is 0 Å². The first kappa shape index (κ1) is 12.5. The standard InChI is InChI=1S/C18H15NO/c1-13(20)11-14-5-7-15(8-6-14)17-4-2-3-16-12-19-10-9-18(16)17/h2-10,12H,11H2,1H3. The Kier molecular flexibility index (Phi) is 3.30. The van der Waals surface area contributed by atoms with Gasteiger partial charge in [0.15, 0.2) is 0 Å². The molecule has 0 amide bonds. The summed E-state index contributed by atoms with van der Waals surface area (Å²) in [4.78, 5) is 15.3. The van der Waals surface area contributed by atoms with Crippen LogP contribution in [0.25, 0.3) is 21.9 Å². The van der Waals surface area contributed by atoms with E-state index in [1.165, 1.54) is 10.9 Å². The van der Waals surface area contributed by atoms with Crippen LogP contribution in [0, 0.1) is 0 Å². The molecule has 0 aliphatic rings. The van der Waals surface area contributed by atoms with E-state index in [1.807, 2.05) is 36.7 Å². The van der Waals surface area contributed by atoms with Crippen LogP contribution in [-0.4, -0.2) is 10.8 Å². The second-order valence-corrected chi connectivity index (χ2v) is 4.98. The monoisotopic (exact) mass is 261 g/mol. The van der Waals surface area contributed by atoms with Crippen LogP contribution in [0.1, 0.15) is 12.5 Å². The molecule has 2 nitrogen and oxygen atoms in total. The topological polar surface area (TPSA) is 30.0 Å². The van der Waals surface area contributed by atoms with Gasteiger partial charge in [-0.3, -0.25) is 9.78 Å². The van der Waals surface area contributed by atoms with Crippen LogP contribution in [0.15, 0.2) is 60.9 Å². The van der Waals surface area contributed by atoms with Crippen LogP contribution < -0.4 is 0 Å². The predicted molar refractivity (Wildman–Crippen MR) is 81.6 cm³/mol. The lowest BCUT2D eigenvalue weighted by molar-refractivity contribution is -0.116. The van der Waals surface area contributed by atoms with Gasteiger partial charge in [0.2, 0.25) is 0 Å². The number of rotatable bonds is 3. The van der Waals surface area contributed by atoms with Gasteiger partial charge in [-0.25, -0.2) is 0 Å². The lowest BCUT2D eigenvalue weighted by Crippen LogP contribution is -1.95.